The molecule has 2 heterocycles. The number of fused-ring (bicyclic) bond motifs is 8. The molecule has 0 N–H and O–H groups in total. The highest BCUT2D eigenvalue weighted by atomic mass is 32.1. The van der Waals surface area contributed by atoms with Gasteiger partial charge in [0.2, 0.25) is 0 Å². The minimum absolute atomic E-state index is 0.571. The van der Waals surface area contributed by atoms with Crippen LogP contribution in [0, 0.1) is 0 Å². The Bertz CT molecular complexity index is 3540. The van der Waals surface area contributed by atoms with E-state index >= 15 is 0 Å². The van der Waals surface area contributed by atoms with Crippen LogP contribution in [0.15, 0.2) is 243 Å². The van der Waals surface area contributed by atoms with Gasteiger partial charge in [-0.15, -0.1) is 11.3 Å². The fourth-order valence-corrected chi connectivity index (χ4v) is 11.8. The minimum atomic E-state index is -0.571. The van der Waals surface area contributed by atoms with Crippen LogP contribution in [0.5, 0.6) is 0 Å². The van der Waals surface area contributed by atoms with Crippen LogP contribution in [-0.4, -0.2) is 0 Å². The van der Waals surface area contributed by atoms with E-state index < -0.39 is 5.41 Å². The molecule has 1 unspecified atom stereocenters. The molecule has 3 heteroatoms. The first kappa shape index (κ1) is 36.7. The van der Waals surface area contributed by atoms with E-state index in [0.717, 1.165) is 22.7 Å². The molecule has 1 aliphatic heterocycles. The lowest BCUT2D eigenvalue weighted by atomic mass is 9.64. The standard InChI is InChI=1S/C61H40N2S/c1-5-17-42(18-6-1)49-36-37-56-60-59(49)51-35-31-43(39-54(51)61(60,44-19-7-2-8-20-44)53-26-14-15-27-55(53)63(56)46-23-11-4-12-24-46)41-29-32-47(33-30-41)62(45-21-9-3-10-22-45)48-34-38-58-52(40-48)50-25-13-16-28-57(50)64-58/h1-40H. The molecule has 0 fully saturated rings. The third kappa shape index (κ3) is 5.44. The van der Waals surface area contributed by atoms with Crippen molar-refractivity contribution in [1.82, 2.24) is 0 Å². The predicted molar refractivity (Wildman–Crippen MR) is 270 cm³/mol. The van der Waals surface area contributed by atoms with E-state index in [4.69, 9.17) is 0 Å². The molecule has 2 nitrogen and oxygen atoms in total. The first-order valence-electron chi connectivity index (χ1n) is 22.0. The van der Waals surface area contributed by atoms with Crippen molar-refractivity contribution < 1.29 is 0 Å². The third-order valence-electron chi connectivity index (χ3n) is 13.4. The van der Waals surface area contributed by atoms with E-state index in [1.54, 1.807) is 0 Å². The SMILES string of the molecule is c1ccc(-c2ccc3c4c2-c2ccc(-c5ccc(N(c6ccccc6)c6ccc7sc8ccccc8c7c6)cc5)cc2C4(c2ccccc2)c2ccccc2N3c2ccccc2)cc1. The largest absolute Gasteiger partial charge is 0.310 e. The molecule has 0 saturated carbocycles. The van der Waals surface area contributed by atoms with Gasteiger partial charge in [0.15, 0.2) is 0 Å². The van der Waals surface area contributed by atoms with E-state index in [-0.39, 0.29) is 0 Å². The number of nitrogens with zero attached hydrogens (tertiary/aromatic N) is 2. The zero-order chi connectivity index (χ0) is 42.2. The Morgan fingerprint density at radius 2 is 0.984 bits per heavy atom. The predicted octanol–water partition coefficient (Wildman–Crippen LogP) is 17.0. The molecule has 1 atom stereocenters. The van der Waals surface area contributed by atoms with Crippen molar-refractivity contribution in [3.8, 4) is 33.4 Å². The van der Waals surface area contributed by atoms with Crippen LogP contribution < -0.4 is 9.80 Å². The quantitative estimate of drug-likeness (QED) is 0.158. The van der Waals surface area contributed by atoms with Crippen LogP contribution in [0.4, 0.5) is 34.1 Å². The second-order valence-corrected chi connectivity index (χ2v) is 17.9. The van der Waals surface area contributed by atoms with Crippen molar-refractivity contribution in [2.24, 2.45) is 0 Å². The zero-order valence-electron chi connectivity index (χ0n) is 34.9. The summed E-state index contributed by atoms with van der Waals surface area (Å²) in [5.74, 6) is 0. The summed E-state index contributed by atoms with van der Waals surface area (Å²) >= 11 is 1.86. The van der Waals surface area contributed by atoms with Gasteiger partial charge in [-0.25, -0.2) is 0 Å². The Morgan fingerprint density at radius 3 is 1.78 bits per heavy atom. The Kier molecular flexibility index (Phi) is 8.34. The second kappa shape index (κ2) is 14.6. The highest BCUT2D eigenvalue weighted by molar-refractivity contribution is 7.25. The van der Waals surface area contributed by atoms with Gasteiger partial charge in [0.05, 0.1) is 16.8 Å². The number of benzene rings is 10. The van der Waals surface area contributed by atoms with Crippen LogP contribution in [0.25, 0.3) is 53.6 Å². The van der Waals surface area contributed by atoms with Gasteiger partial charge in [0.25, 0.3) is 0 Å². The van der Waals surface area contributed by atoms with Crippen molar-refractivity contribution in [3.05, 3.63) is 265 Å². The fourth-order valence-electron chi connectivity index (χ4n) is 10.8. The molecule has 64 heavy (non-hydrogen) atoms. The maximum atomic E-state index is 2.50. The first-order valence-corrected chi connectivity index (χ1v) is 22.8. The van der Waals surface area contributed by atoms with Crippen LogP contribution in [0.2, 0.25) is 0 Å². The van der Waals surface area contributed by atoms with Crippen LogP contribution in [0.3, 0.4) is 0 Å². The van der Waals surface area contributed by atoms with E-state index in [1.165, 1.54) is 87.2 Å². The Labute approximate surface area is 377 Å². The van der Waals surface area contributed by atoms with Crippen LogP contribution in [0.1, 0.15) is 22.3 Å². The number of hydrogen-bond acceptors (Lipinski definition) is 3. The van der Waals surface area contributed by atoms with Gasteiger partial charge in [0.1, 0.15) is 0 Å². The molecule has 10 aromatic carbocycles. The van der Waals surface area contributed by atoms with Crippen molar-refractivity contribution in [2.45, 2.75) is 5.41 Å². The maximum absolute atomic E-state index is 2.50. The number of para-hydroxylation sites is 3. The van der Waals surface area contributed by atoms with E-state index in [9.17, 15) is 0 Å². The van der Waals surface area contributed by atoms with Gasteiger partial charge >= 0.3 is 0 Å². The average Bonchev–Trinajstić information content (AvgIpc) is 3.90. The summed E-state index contributed by atoms with van der Waals surface area (Å²) in [6.07, 6.45) is 0. The number of hydrogen-bond donors (Lipinski definition) is 0. The average molecular weight is 833 g/mol. The first-order chi connectivity index (χ1) is 31.8. The molecule has 2 aliphatic rings. The highest BCUT2D eigenvalue weighted by Crippen LogP contribution is 2.66. The second-order valence-electron chi connectivity index (χ2n) is 16.8. The highest BCUT2D eigenvalue weighted by Gasteiger charge is 2.53. The number of rotatable bonds is 7. The van der Waals surface area contributed by atoms with Gasteiger partial charge in [-0.2, -0.15) is 0 Å². The summed E-state index contributed by atoms with van der Waals surface area (Å²) < 4.78 is 2.62. The molecule has 0 spiro atoms. The van der Waals surface area contributed by atoms with Crippen molar-refractivity contribution in [2.75, 3.05) is 9.80 Å². The zero-order valence-corrected chi connectivity index (χ0v) is 35.7. The molecular weight excluding hydrogens is 793 g/mol. The third-order valence-corrected chi connectivity index (χ3v) is 14.6. The van der Waals surface area contributed by atoms with E-state index in [0.29, 0.717) is 0 Å². The van der Waals surface area contributed by atoms with Crippen molar-refractivity contribution >= 4 is 65.6 Å². The van der Waals surface area contributed by atoms with Gasteiger partial charge < -0.3 is 9.80 Å². The molecule has 0 amide bonds. The lowest BCUT2D eigenvalue weighted by Gasteiger charge is -2.45. The monoisotopic (exact) mass is 832 g/mol. The summed E-state index contributed by atoms with van der Waals surface area (Å²) in [5, 5.41) is 2.59. The van der Waals surface area contributed by atoms with Gasteiger partial charge in [-0.05, 0) is 129 Å². The van der Waals surface area contributed by atoms with E-state index in [2.05, 4.69) is 252 Å². The normalized spacial score (nSPS) is 14.6. The lowest BCUT2D eigenvalue weighted by molar-refractivity contribution is 0.754. The van der Waals surface area contributed by atoms with Crippen LogP contribution in [-0.2, 0) is 5.41 Å². The van der Waals surface area contributed by atoms with Gasteiger partial charge in [0, 0.05) is 48.5 Å². The lowest BCUT2D eigenvalue weighted by Crippen LogP contribution is -2.36. The molecule has 0 radical (unpaired) electrons. The molecule has 300 valence electrons. The van der Waals surface area contributed by atoms with Gasteiger partial charge in [-0.3, -0.25) is 0 Å². The molecular formula is C61H40N2S. The fraction of sp³-hybridized carbons (Fsp3) is 0.0164. The maximum Gasteiger partial charge on any atom is 0.0754 e. The summed E-state index contributed by atoms with van der Waals surface area (Å²) in [4.78, 5) is 4.86. The number of anilines is 6. The summed E-state index contributed by atoms with van der Waals surface area (Å²) in [6.45, 7) is 0. The smallest absolute Gasteiger partial charge is 0.0754 e. The van der Waals surface area contributed by atoms with Crippen LogP contribution >= 0.6 is 11.3 Å². The molecule has 1 aliphatic carbocycles. The summed E-state index contributed by atoms with van der Waals surface area (Å²) in [7, 11) is 0. The van der Waals surface area contributed by atoms with Crippen molar-refractivity contribution in [1.29, 1.82) is 0 Å². The molecule has 13 rings (SSSR count). The summed E-state index contributed by atoms with van der Waals surface area (Å²) in [6, 6.07) is 89.5. The Morgan fingerprint density at radius 1 is 0.375 bits per heavy atom. The topological polar surface area (TPSA) is 6.48 Å². The molecule has 1 aromatic heterocycles. The summed E-state index contributed by atoms with van der Waals surface area (Å²) in [5.41, 5.74) is 19.0. The molecule has 0 bridgehead atoms. The molecule has 0 saturated heterocycles. The Balaban J connectivity index is 1.01. The van der Waals surface area contributed by atoms with E-state index in [1.807, 2.05) is 11.3 Å². The number of thiophene rings is 1. The molecule has 11 aromatic rings. The minimum Gasteiger partial charge on any atom is -0.310 e. The Hall–Kier alpha value is -7.98. The van der Waals surface area contributed by atoms with Gasteiger partial charge in [-0.1, -0.05) is 164 Å². The van der Waals surface area contributed by atoms with Crippen molar-refractivity contribution in [3.63, 3.8) is 0 Å².